The van der Waals surface area contributed by atoms with Crippen molar-refractivity contribution < 1.29 is 22.5 Å². The maximum Gasteiger partial charge on any atom is 0.273 e. The smallest absolute Gasteiger partial charge is 0.273 e. The highest BCUT2D eigenvalue weighted by Crippen LogP contribution is 2.24. The number of hydrogen-bond donors (Lipinski definition) is 1. The van der Waals surface area contributed by atoms with Crippen molar-refractivity contribution in [2.45, 2.75) is 11.8 Å². The van der Waals surface area contributed by atoms with Crippen molar-refractivity contribution in [1.82, 2.24) is 4.90 Å². The van der Waals surface area contributed by atoms with Gasteiger partial charge in [-0.15, -0.1) is 0 Å². The van der Waals surface area contributed by atoms with Gasteiger partial charge in [-0.1, -0.05) is 6.07 Å². The van der Waals surface area contributed by atoms with E-state index >= 15 is 0 Å². The minimum absolute atomic E-state index is 0.174. The van der Waals surface area contributed by atoms with E-state index in [1.165, 1.54) is 55.5 Å². The Hall–Kier alpha value is -3.99. The van der Waals surface area contributed by atoms with Gasteiger partial charge in [-0.05, 0) is 61.5 Å². The average molecular weight is 499 g/mol. The van der Waals surface area contributed by atoms with Gasteiger partial charge in [0.05, 0.1) is 9.82 Å². The molecule has 0 atom stereocenters. The molecule has 11 heteroatoms. The van der Waals surface area contributed by atoms with Crippen LogP contribution < -0.4 is 9.62 Å². The number of benzene rings is 3. The van der Waals surface area contributed by atoms with Crippen LogP contribution in [0.3, 0.4) is 0 Å². The van der Waals surface area contributed by atoms with Crippen molar-refractivity contribution in [2.75, 3.05) is 35.8 Å². The number of nitrogens with zero attached hydrogens (tertiary/aromatic N) is 3. The molecule has 0 unspecified atom stereocenters. The van der Waals surface area contributed by atoms with E-state index in [0.29, 0.717) is 37.3 Å². The predicted molar refractivity (Wildman–Crippen MR) is 130 cm³/mol. The molecule has 9 nitrogen and oxygen atoms in total. The molecule has 1 aliphatic heterocycles. The minimum Gasteiger partial charge on any atom is -0.368 e. The molecule has 0 radical (unpaired) electrons. The first-order valence-electron chi connectivity index (χ1n) is 10.8. The van der Waals surface area contributed by atoms with Gasteiger partial charge in [-0.2, -0.15) is 0 Å². The Kier molecular flexibility index (Phi) is 6.70. The largest absolute Gasteiger partial charge is 0.368 e. The van der Waals surface area contributed by atoms with Crippen LogP contribution in [0, 0.1) is 22.9 Å². The van der Waals surface area contributed by atoms with Gasteiger partial charge >= 0.3 is 0 Å². The summed E-state index contributed by atoms with van der Waals surface area (Å²) < 4.78 is 40.9. The standard InChI is InChI=1S/C24H23FN4O5S/c1-17-2-11-22(16-23(17)29(31)32)35(33,34)26-20-7-3-18(4-8-20)24(30)28-14-12-27(13-15-28)21-9-5-19(25)6-10-21/h2-11,16,26H,12-15H2,1H3. The molecule has 0 spiro atoms. The van der Waals surface area contributed by atoms with Crippen molar-refractivity contribution >= 4 is 33.0 Å². The Morgan fingerprint density at radius 1 is 0.971 bits per heavy atom. The number of nitro benzene ring substituents is 1. The number of nitro groups is 1. The quantitative estimate of drug-likeness (QED) is 0.409. The zero-order valence-corrected chi connectivity index (χ0v) is 19.7. The first-order chi connectivity index (χ1) is 16.6. The summed E-state index contributed by atoms with van der Waals surface area (Å²) >= 11 is 0. The van der Waals surface area contributed by atoms with Crippen LogP contribution in [0.15, 0.2) is 71.6 Å². The summed E-state index contributed by atoms with van der Waals surface area (Å²) in [4.78, 5) is 27.0. The Bertz CT molecular complexity index is 1350. The molecule has 35 heavy (non-hydrogen) atoms. The van der Waals surface area contributed by atoms with Crippen LogP contribution in [0.2, 0.25) is 0 Å². The number of carbonyl (C=O) groups is 1. The van der Waals surface area contributed by atoms with Crippen LogP contribution in [0.25, 0.3) is 0 Å². The third-order valence-electron chi connectivity index (χ3n) is 5.83. The fraction of sp³-hybridized carbons (Fsp3) is 0.208. The van der Waals surface area contributed by atoms with Crippen LogP contribution >= 0.6 is 0 Å². The number of nitrogens with one attached hydrogen (secondary N) is 1. The molecule has 1 saturated heterocycles. The SMILES string of the molecule is Cc1ccc(S(=O)(=O)Nc2ccc(C(=O)N3CCN(c4ccc(F)cc4)CC3)cc2)cc1[N+](=O)[O-]. The Balaban J connectivity index is 1.40. The Morgan fingerprint density at radius 2 is 1.60 bits per heavy atom. The molecule has 0 aliphatic carbocycles. The van der Waals surface area contributed by atoms with Gasteiger partial charge in [-0.3, -0.25) is 19.6 Å². The van der Waals surface area contributed by atoms with Crippen LogP contribution in [-0.2, 0) is 10.0 Å². The van der Waals surface area contributed by atoms with Crippen molar-refractivity contribution in [2.24, 2.45) is 0 Å². The fourth-order valence-corrected chi connectivity index (χ4v) is 4.93. The summed E-state index contributed by atoms with van der Waals surface area (Å²) in [6.07, 6.45) is 0. The zero-order chi connectivity index (χ0) is 25.2. The van der Waals surface area contributed by atoms with Gasteiger partial charge in [0.2, 0.25) is 0 Å². The molecule has 3 aromatic rings. The lowest BCUT2D eigenvalue weighted by atomic mass is 10.1. The van der Waals surface area contributed by atoms with Gasteiger partial charge in [0.1, 0.15) is 5.82 Å². The van der Waals surface area contributed by atoms with Gasteiger partial charge in [0.15, 0.2) is 0 Å². The molecule has 1 amide bonds. The second-order valence-corrected chi connectivity index (χ2v) is 9.83. The molecule has 3 aromatic carbocycles. The zero-order valence-electron chi connectivity index (χ0n) is 18.8. The molecule has 0 saturated carbocycles. The summed E-state index contributed by atoms with van der Waals surface area (Å²) in [5, 5.41) is 11.1. The van der Waals surface area contributed by atoms with Crippen molar-refractivity contribution in [3.05, 3.63) is 93.8 Å². The van der Waals surface area contributed by atoms with Crippen molar-refractivity contribution in [1.29, 1.82) is 0 Å². The maximum absolute atomic E-state index is 13.1. The number of halogens is 1. The van der Waals surface area contributed by atoms with E-state index in [1.807, 2.05) is 0 Å². The normalized spacial score (nSPS) is 14.0. The average Bonchev–Trinajstić information content (AvgIpc) is 2.84. The fourth-order valence-electron chi connectivity index (χ4n) is 3.85. The number of carbonyl (C=O) groups excluding carboxylic acids is 1. The van der Waals surface area contributed by atoms with Crippen molar-refractivity contribution in [3.63, 3.8) is 0 Å². The van der Waals surface area contributed by atoms with Crippen LogP contribution in [-0.4, -0.2) is 50.3 Å². The number of anilines is 2. The number of rotatable bonds is 6. The van der Waals surface area contributed by atoms with Gasteiger partial charge < -0.3 is 9.80 Å². The highest BCUT2D eigenvalue weighted by Gasteiger charge is 2.23. The molecule has 0 bridgehead atoms. The molecular weight excluding hydrogens is 475 g/mol. The second-order valence-electron chi connectivity index (χ2n) is 8.14. The highest BCUT2D eigenvalue weighted by molar-refractivity contribution is 7.92. The van der Waals surface area contributed by atoms with Gasteiger partial charge in [-0.25, -0.2) is 12.8 Å². The van der Waals surface area contributed by atoms with E-state index in [1.54, 1.807) is 17.0 Å². The summed E-state index contributed by atoms with van der Waals surface area (Å²) in [6, 6.07) is 15.9. The number of hydrogen-bond acceptors (Lipinski definition) is 6. The van der Waals surface area contributed by atoms with E-state index < -0.39 is 14.9 Å². The lowest BCUT2D eigenvalue weighted by Crippen LogP contribution is -2.48. The minimum atomic E-state index is -4.05. The van der Waals surface area contributed by atoms with E-state index in [9.17, 15) is 27.7 Å². The molecule has 0 aromatic heterocycles. The third-order valence-corrected chi connectivity index (χ3v) is 7.21. The monoisotopic (exact) mass is 498 g/mol. The lowest BCUT2D eigenvalue weighted by molar-refractivity contribution is -0.385. The molecule has 4 rings (SSSR count). The van der Waals surface area contributed by atoms with E-state index in [0.717, 1.165) is 11.8 Å². The summed E-state index contributed by atoms with van der Waals surface area (Å²) in [7, 11) is -4.05. The van der Waals surface area contributed by atoms with E-state index in [4.69, 9.17) is 0 Å². The lowest BCUT2D eigenvalue weighted by Gasteiger charge is -2.36. The molecule has 1 fully saturated rings. The summed E-state index contributed by atoms with van der Waals surface area (Å²) in [5.74, 6) is -0.471. The summed E-state index contributed by atoms with van der Waals surface area (Å²) in [5.41, 5.74) is 1.61. The highest BCUT2D eigenvalue weighted by atomic mass is 32.2. The topological polar surface area (TPSA) is 113 Å². The van der Waals surface area contributed by atoms with E-state index in [2.05, 4.69) is 9.62 Å². The Labute approximate surface area is 202 Å². The number of piperazine rings is 1. The first kappa shape index (κ1) is 24.1. The second kappa shape index (κ2) is 9.71. The number of amides is 1. The van der Waals surface area contributed by atoms with Gasteiger partial charge in [0, 0.05) is 54.7 Å². The van der Waals surface area contributed by atoms with Crippen LogP contribution in [0.5, 0.6) is 0 Å². The van der Waals surface area contributed by atoms with Gasteiger partial charge in [0.25, 0.3) is 21.6 Å². The maximum atomic E-state index is 13.1. The predicted octanol–water partition coefficient (Wildman–Crippen LogP) is 3.81. The number of aryl methyl sites for hydroxylation is 1. The summed E-state index contributed by atoms with van der Waals surface area (Å²) in [6.45, 7) is 3.74. The van der Waals surface area contributed by atoms with E-state index in [-0.39, 0.29) is 28.0 Å². The number of sulfonamides is 1. The molecule has 1 heterocycles. The molecular formula is C24H23FN4O5S. The molecule has 1 aliphatic rings. The molecule has 182 valence electrons. The first-order valence-corrected chi connectivity index (χ1v) is 12.3. The van der Waals surface area contributed by atoms with Crippen molar-refractivity contribution in [3.8, 4) is 0 Å². The third kappa shape index (κ3) is 5.40. The Morgan fingerprint density at radius 3 is 2.20 bits per heavy atom. The molecule has 1 N–H and O–H groups in total. The van der Waals surface area contributed by atoms with Crippen LogP contribution in [0.1, 0.15) is 15.9 Å². The van der Waals surface area contributed by atoms with Crippen LogP contribution in [0.4, 0.5) is 21.5 Å².